The first-order valence-electron chi connectivity index (χ1n) is 9.43. The fraction of sp³-hybridized carbons (Fsp3) is 0.364. The summed E-state index contributed by atoms with van der Waals surface area (Å²) in [5.41, 5.74) is 9.81. The number of hydrogen-bond donors (Lipinski definition) is 2. The van der Waals surface area contributed by atoms with E-state index in [9.17, 15) is 9.59 Å². The first kappa shape index (κ1) is 21.9. The fourth-order valence-corrected chi connectivity index (χ4v) is 3.45. The number of hydrogen-bond acceptors (Lipinski definition) is 3. The molecule has 0 spiro atoms. The summed E-state index contributed by atoms with van der Waals surface area (Å²) in [7, 11) is 0. The van der Waals surface area contributed by atoms with Gasteiger partial charge in [0.1, 0.15) is 6.04 Å². The average Bonchev–Trinajstić information content (AvgIpc) is 2.68. The third kappa shape index (κ3) is 5.12. The molecule has 0 radical (unpaired) electrons. The molecule has 5 nitrogen and oxygen atoms in total. The molecule has 150 valence electrons. The van der Waals surface area contributed by atoms with E-state index in [1.54, 1.807) is 4.90 Å². The predicted molar refractivity (Wildman–Crippen MR) is 114 cm³/mol. The molecule has 6 heteroatoms. The number of nitrogens with two attached hydrogens (primary N) is 1. The van der Waals surface area contributed by atoms with Crippen molar-refractivity contribution in [1.29, 1.82) is 0 Å². The molecule has 1 aliphatic rings. The number of nitrogens with zero attached hydrogens (tertiary/aromatic N) is 1. The maximum atomic E-state index is 12.7. The number of amides is 2. The maximum absolute atomic E-state index is 12.7. The van der Waals surface area contributed by atoms with Crippen LogP contribution in [-0.4, -0.2) is 35.8 Å². The number of carbonyl (C=O) groups is 2. The minimum Gasteiger partial charge on any atom is -0.349 e. The van der Waals surface area contributed by atoms with Crippen LogP contribution in [0.1, 0.15) is 45.9 Å². The van der Waals surface area contributed by atoms with Gasteiger partial charge in [0, 0.05) is 24.7 Å². The molecule has 0 aromatic heterocycles. The molecule has 1 heterocycles. The van der Waals surface area contributed by atoms with Crippen LogP contribution in [0.25, 0.3) is 0 Å². The number of likely N-dealkylation sites (tertiary alicyclic amines) is 1. The highest BCUT2D eigenvalue weighted by Gasteiger charge is 2.28. The lowest BCUT2D eigenvalue weighted by Crippen LogP contribution is -2.48. The van der Waals surface area contributed by atoms with Gasteiger partial charge in [0.05, 0.1) is 0 Å². The minimum absolute atomic E-state index is 0. The molecule has 2 aromatic rings. The minimum atomic E-state index is -0.635. The molecule has 1 saturated heterocycles. The summed E-state index contributed by atoms with van der Waals surface area (Å²) in [5, 5.41) is 3.09. The van der Waals surface area contributed by atoms with E-state index < -0.39 is 6.04 Å². The van der Waals surface area contributed by atoms with Gasteiger partial charge in [0.15, 0.2) is 0 Å². The summed E-state index contributed by atoms with van der Waals surface area (Å²) in [6.45, 7) is 5.16. The molecule has 0 bridgehead atoms. The Labute approximate surface area is 172 Å². The lowest BCUT2D eigenvalue weighted by atomic mass is 10.0. The summed E-state index contributed by atoms with van der Waals surface area (Å²) in [6, 6.07) is 14.8. The van der Waals surface area contributed by atoms with Gasteiger partial charge in [-0.3, -0.25) is 9.59 Å². The quantitative estimate of drug-likeness (QED) is 0.826. The lowest BCUT2D eigenvalue weighted by Gasteiger charge is -2.34. The van der Waals surface area contributed by atoms with Gasteiger partial charge in [-0.15, -0.1) is 12.4 Å². The van der Waals surface area contributed by atoms with Crippen molar-refractivity contribution in [2.45, 2.75) is 38.8 Å². The van der Waals surface area contributed by atoms with E-state index >= 15 is 0 Å². The number of piperidine rings is 1. The normalized spacial score (nSPS) is 15.5. The molecule has 3 rings (SSSR count). The van der Waals surface area contributed by atoms with Gasteiger partial charge in [-0.2, -0.15) is 0 Å². The van der Waals surface area contributed by atoms with E-state index in [0.717, 1.165) is 29.5 Å². The smallest absolute Gasteiger partial charge is 0.251 e. The molecule has 1 atom stereocenters. The Bertz CT molecular complexity index is 815. The molecule has 1 fully saturated rings. The largest absolute Gasteiger partial charge is 0.349 e. The zero-order valence-corrected chi connectivity index (χ0v) is 17.2. The Balaban J connectivity index is 0.00000280. The number of nitrogens with one attached hydrogen (secondary N) is 1. The summed E-state index contributed by atoms with van der Waals surface area (Å²) in [5.74, 6) is -0.100. The molecule has 3 N–H and O–H groups in total. The van der Waals surface area contributed by atoms with E-state index in [-0.39, 0.29) is 30.3 Å². The van der Waals surface area contributed by atoms with Crippen molar-refractivity contribution in [3.05, 3.63) is 70.8 Å². The van der Waals surface area contributed by atoms with Gasteiger partial charge < -0.3 is 16.0 Å². The summed E-state index contributed by atoms with van der Waals surface area (Å²) in [4.78, 5) is 27.0. The predicted octanol–water partition coefficient (Wildman–Crippen LogP) is 3.15. The highest BCUT2D eigenvalue weighted by molar-refractivity contribution is 5.95. The third-order valence-electron chi connectivity index (χ3n) is 5.23. The van der Waals surface area contributed by atoms with Crippen molar-refractivity contribution in [1.82, 2.24) is 10.2 Å². The molecule has 1 aliphatic heterocycles. The highest BCUT2D eigenvalue weighted by atomic mass is 35.5. The zero-order valence-electron chi connectivity index (χ0n) is 16.4. The van der Waals surface area contributed by atoms with Crippen LogP contribution in [-0.2, 0) is 4.79 Å². The van der Waals surface area contributed by atoms with E-state index in [4.69, 9.17) is 5.73 Å². The molecule has 0 aliphatic carbocycles. The van der Waals surface area contributed by atoms with Crippen molar-refractivity contribution in [3.63, 3.8) is 0 Å². The summed E-state index contributed by atoms with van der Waals surface area (Å²) >= 11 is 0. The Kier molecular flexibility index (Phi) is 7.61. The number of benzene rings is 2. The first-order valence-corrected chi connectivity index (χ1v) is 9.43. The monoisotopic (exact) mass is 401 g/mol. The van der Waals surface area contributed by atoms with Crippen molar-refractivity contribution in [2.75, 3.05) is 13.1 Å². The van der Waals surface area contributed by atoms with Crippen LogP contribution in [0, 0.1) is 13.8 Å². The highest BCUT2D eigenvalue weighted by Crippen LogP contribution is 2.18. The summed E-state index contributed by atoms with van der Waals surface area (Å²) < 4.78 is 0. The Hall–Kier alpha value is -2.37. The second-order valence-corrected chi connectivity index (χ2v) is 7.28. The number of rotatable bonds is 4. The van der Waals surface area contributed by atoms with Gasteiger partial charge in [-0.25, -0.2) is 0 Å². The number of halogens is 1. The standard InChI is InChI=1S/C22H27N3O2.ClH/c1-15-7-9-17(10-8-15)20(23)22(27)25-13-11-18(12-14-25)24-21(26)19-6-4-3-5-16(19)2;/h3-10,18,20H,11-14,23H2,1-2H3,(H,24,26);1H. The first-order chi connectivity index (χ1) is 13.0. The van der Waals surface area contributed by atoms with Gasteiger partial charge in [0.25, 0.3) is 5.91 Å². The van der Waals surface area contributed by atoms with Crippen LogP contribution in [0.2, 0.25) is 0 Å². The van der Waals surface area contributed by atoms with Crippen LogP contribution in [0.15, 0.2) is 48.5 Å². The molecular weight excluding hydrogens is 374 g/mol. The molecule has 28 heavy (non-hydrogen) atoms. The zero-order chi connectivity index (χ0) is 19.4. The number of carbonyl (C=O) groups excluding carboxylic acids is 2. The van der Waals surface area contributed by atoms with E-state index in [1.165, 1.54) is 0 Å². The molecule has 2 amide bonds. The molecule has 1 unspecified atom stereocenters. The van der Waals surface area contributed by atoms with Gasteiger partial charge in [-0.05, 0) is 43.9 Å². The Morgan fingerprint density at radius 1 is 1.04 bits per heavy atom. The van der Waals surface area contributed by atoms with Crippen LogP contribution < -0.4 is 11.1 Å². The average molecular weight is 402 g/mol. The van der Waals surface area contributed by atoms with Crippen molar-refractivity contribution >= 4 is 24.2 Å². The molecule has 0 saturated carbocycles. The molecular formula is C22H28ClN3O2. The van der Waals surface area contributed by atoms with Gasteiger partial charge in [-0.1, -0.05) is 48.0 Å². The van der Waals surface area contributed by atoms with Crippen LogP contribution in [0.4, 0.5) is 0 Å². The number of aryl methyl sites for hydroxylation is 2. The SMILES string of the molecule is Cc1ccc(C(N)C(=O)N2CCC(NC(=O)c3ccccc3C)CC2)cc1.Cl. The Morgan fingerprint density at radius 2 is 1.64 bits per heavy atom. The summed E-state index contributed by atoms with van der Waals surface area (Å²) in [6.07, 6.45) is 1.48. The van der Waals surface area contributed by atoms with Crippen molar-refractivity contribution in [2.24, 2.45) is 5.73 Å². The second kappa shape index (κ2) is 9.71. The van der Waals surface area contributed by atoms with E-state index in [0.29, 0.717) is 18.7 Å². The van der Waals surface area contributed by atoms with E-state index in [1.807, 2.05) is 62.4 Å². The maximum Gasteiger partial charge on any atom is 0.251 e. The lowest BCUT2D eigenvalue weighted by molar-refractivity contribution is -0.133. The third-order valence-corrected chi connectivity index (χ3v) is 5.23. The topological polar surface area (TPSA) is 75.4 Å². The van der Waals surface area contributed by atoms with Crippen LogP contribution in [0.3, 0.4) is 0 Å². The van der Waals surface area contributed by atoms with Crippen molar-refractivity contribution in [3.8, 4) is 0 Å². The fourth-order valence-electron chi connectivity index (χ4n) is 3.45. The molecule has 2 aromatic carbocycles. The van der Waals surface area contributed by atoms with E-state index in [2.05, 4.69) is 5.32 Å². The second-order valence-electron chi connectivity index (χ2n) is 7.28. The van der Waals surface area contributed by atoms with Crippen LogP contribution in [0.5, 0.6) is 0 Å². The Morgan fingerprint density at radius 3 is 2.25 bits per heavy atom. The van der Waals surface area contributed by atoms with Gasteiger partial charge >= 0.3 is 0 Å². The van der Waals surface area contributed by atoms with Gasteiger partial charge in [0.2, 0.25) is 5.91 Å². The van der Waals surface area contributed by atoms with Crippen LogP contribution >= 0.6 is 12.4 Å². The van der Waals surface area contributed by atoms with Crippen molar-refractivity contribution < 1.29 is 9.59 Å².